The van der Waals surface area contributed by atoms with Gasteiger partial charge in [-0.3, -0.25) is 4.79 Å². The van der Waals surface area contributed by atoms with Gasteiger partial charge in [-0.15, -0.1) is 0 Å². The molecule has 0 unspecified atom stereocenters. The van der Waals surface area contributed by atoms with Crippen LogP contribution in [0.2, 0.25) is 0 Å². The van der Waals surface area contributed by atoms with Crippen LogP contribution >= 0.6 is 0 Å². The molecule has 4 heteroatoms. The molecule has 0 fully saturated rings. The molecule has 3 N–H and O–H groups in total. The smallest absolute Gasteiger partial charge is 0.197 e. The van der Waals surface area contributed by atoms with Gasteiger partial charge in [0.15, 0.2) is 17.3 Å². The summed E-state index contributed by atoms with van der Waals surface area (Å²) in [5.41, 5.74) is 1.64. The monoisotopic (exact) mass is 242 g/mol. The van der Waals surface area contributed by atoms with Crippen LogP contribution in [0, 0.1) is 0 Å². The van der Waals surface area contributed by atoms with Crippen molar-refractivity contribution in [3.05, 3.63) is 52.6 Å². The Bertz CT molecular complexity index is 674. The second kappa shape index (κ2) is 3.50. The first-order valence-corrected chi connectivity index (χ1v) is 5.49. The van der Waals surface area contributed by atoms with Crippen molar-refractivity contribution in [1.29, 1.82) is 0 Å². The van der Waals surface area contributed by atoms with Crippen LogP contribution in [0.15, 0.2) is 30.3 Å². The zero-order valence-electron chi connectivity index (χ0n) is 9.34. The number of carbonyl (C=O) groups is 1. The number of phenolic OH excluding ortho intramolecular Hbond substituents is 3. The van der Waals surface area contributed by atoms with Crippen LogP contribution in [0.1, 0.15) is 27.0 Å². The molecule has 2 aromatic rings. The first-order valence-electron chi connectivity index (χ1n) is 5.49. The molecule has 0 atom stereocenters. The molecule has 0 saturated carbocycles. The van der Waals surface area contributed by atoms with Gasteiger partial charge in [0.25, 0.3) is 0 Å². The maximum atomic E-state index is 12.2. The number of fused-ring (bicyclic) bond motifs is 2. The van der Waals surface area contributed by atoms with Gasteiger partial charge in [-0.2, -0.15) is 0 Å². The number of hydrogen-bond donors (Lipinski definition) is 3. The maximum absolute atomic E-state index is 12.2. The zero-order valence-corrected chi connectivity index (χ0v) is 9.34. The molecule has 0 aliphatic heterocycles. The Morgan fingerprint density at radius 3 is 2.50 bits per heavy atom. The maximum Gasteiger partial charge on any atom is 0.197 e. The Hall–Kier alpha value is -2.49. The van der Waals surface area contributed by atoms with E-state index in [1.807, 2.05) is 0 Å². The van der Waals surface area contributed by atoms with Gasteiger partial charge in [0.2, 0.25) is 0 Å². The van der Waals surface area contributed by atoms with E-state index >= 15 is 0 Å². The van der Waals surface area contributed by atoms with E-state index in [0.717, 1.165) is 11.6 Å². The average Bonchev–Trinajstić information content (AvgIpc) is 2.36. The molecule has 1 aliphatic rings. The molecule has 18 heavy (non-hydrogen) atoms. The van der Waals surface area contributed by atoms with Crippen LogP contribution in [-0.4, -0.2) is 21.1 Å². The summed E-state index contributed by atoms with van der Waals surface area (Å²) in [6.45, 7) is 0. The van der Waals surface area contributed by atoms with Crippen LogP contribution < -0.4 is 0 Å². The fourth-order valence-electron chi connectivity index (χ4n) is 2.34. The molecule has 90 valence electrons. The molecule has 4 nitrogen and oxygen atoms in total. The van der Waals surface area contributed by atoms with E-state index in [1.165, 1.54) is 0 Å². The van der Waals surface area contributed by atoms with Gasteiger partial charge in [0.1, 0.15) is 5.75 Å². The Morgan fingerprint density at radius 1 is 1.00 bits per heavy atom. The lowest BCUT2D eigenvalue weighted by Gasteiger charge is -2.20. The van der Waals surface area contributed by atoms with E-state index in [1.54, 1.807) is 24.3 Å². The molecule has 0 saturated heterocycles. The number of carbonyl (C=O) groups excluding carboxylic acids is 1. The molecule has 0 heterocycles. The summed E-state index contributed by atoms with van der Waals surface area (Å²) >= 11 is 0. The molecule has 0 radical (unpaired) electrons. The molecule has 1 aliphatic carbocycles. The van der Waals surface area contributed by atoms with Gasteiger partial charge in [0, 0.05) is 23.6 Å². The van der Waals surface area contributed by atoms with Crippen molar-refractivity contribution in [1.82, 2.24) is 0 Å². The first-order chi connectivity index (χ1) is 8.59. The standard InChI is InChI=1S/C14H10O4/c15-10-6-11(16)13(17)9-5-7-3-1-2-4-8(7)14(18)12(9)10/h1-4,6,15-17H,5H2. The third-order valence-corrected chi connectivity index (χ3v) is 3.22. The van der Waals surface area contributed by atoms with Crippen molar-refractivity contribution in [3.8, 4) is 17.2 Å². The van der Waals surface area contributed by atoms with Crippen LogP contribution in [-0.2, 0) is 6.42 Å². The van der Waals surface area contributed by atoms with E-state index in [-0.39, 0.29) is 28.4 Å². The molecule has 3 rings (SSSR count). The van der Waals surface area contributed by atoms with Crippen LogP contribution in [0.4, 0.5) is 0 Å². The van der Waals surface area contributed by atoms with Crippen molar-refractivity contribution < 1.29 is 20.1 Å². The minimum Gasteiger partial charge on any atom is -0.507 e. The number of rotatable bonds is 0. The Balaban J connectivity index is 2.32. The molecular formula is C14H10O4. The van der Waals surface area contributed by atoms with E-state index < -0.39 is 5.75 Å². The van der Waals surface area contributed by atoms with E-state index in [0.29, 0.717) is 12.0 Å². The highest BCUT2D eigenvalue weighted by Gasteiger charge is 2.29. The van der Waals surface area contributed by atoms with Crippen LogP contribution in [0.25, 0.3) is 0 Å². The fourth-order valence-corrected chi connectivity index (χ4v) is 2.34. The Kier molecular flexibility index (Phi) is 2.07. The topological polar surface area (TPSA) is 77.8 Å². The summed E-state index contributed by atoms with van der Waals surface area (Å²) in [6, 6.07) is 8.01. The number of benzene rings is 2. The van der Waals surface area contributed by atoms with Crippen molar-refractivity contribution >= 4 is 5.78 Å². The molecular weight excluding hydrogens is 232 g/mol. The largest absolute Gasteiger partial charge is 0.507 e. The second-order valence-electron chi connectivity index (χ2n) is 4.28. The first kappa shape index (κ1) is 10.7. The average molecular weight is 242 g/mol. The highest BCUT2D eigenvalue weighted by atomic mass is 16.3. The minimum atomic E-state index is -0.418. The quantitative estimate of drug-likeness (QED) is 0.416. The van der Waals surface area contributed by atoms with Crippen molar-refractivity contribution in [2.24, 2.45) is 0 Å². The number of hydrogen-bond acceptors (Lipinski definition) is 4. The Morgan fingerprint density at radius 2 is 1.72 bits per heavy atom. The second-order valence-corrected chi connectivity index (χ2v) is 4.28. The van der Waals surface area contributed by atoms with Gasteiger partial charge < -0.3 is 15.3 Å². The summed E-state index contributed by atoms with van der Waals surface area (Å²) in [7, 11) is 0. The molecule has 0 spiro atoms. The van der Waals surface area contributed by atoms with Crippen molar-refractivity contribution in [3.63, 3.8) is 0 Å². The molecule has 0 aromatic heterocycles. The number of ketones is 1. The van der Waals surface area contributed by atoms with Crippen molar-refractivity contribution in [2.75, 3.05) is 0 Å². The van der Waals surface area contributed by atoms with Gasteiger partial charge in [0.05, 0.1) is 5.56 Å². The highest BCUT2D eigenvalue weighted by molar-refractivity contribution is 6.14. The zero-order chi connectivity index (χ0) is 12.9. The predicted octanol–water partition coefficient (Wildman–Crippen LogP) is 1.94. The third-order valence-electron chi connectivity index (χ3n) is 3.22. The van der Waals surface area contributed by atoms with E-state index in [2.05, 4.69) is 0 Å². The van der Waals surface area contributed by atoms with Gasteiger partial charge in [-0.1, -0.05) is 24.3 Å². The number of phenols is 3. The Labute approximate surface area is 103 Å². The molecule has 0 amide bonds. The van der Waals surface area contributed by atoms with Gasteiger partial charge >= 0.3 is 0 Å². The summed E-state index contributed by atoms with van der Waals surface area (Å²) < 4.78 is 0. The molecule has 0 bridgehead atoms. The molecule has 2 aromatic carbocycles. The summed E-state index contributed by atoms with van der Waals surface area (Å²) in [5.74, 6) is -1.40. The van der Waals surface area contributed by atoms with Crippen molar-refractivity contribution in [2.45, 2.75) is 6.42 Å². The summed E-state index contributed by atoms with van der Waals surface area (Å²) in [6.07, 6.45) is 0.311. The minimum absolute atomic E-state index is 0.0731. The van der Waals surface area contributed by atoms with E-state index in [9.17, 15) is 20.1 Å². The number of aromatic hydroxyl groups is 3. The van der Waals surface area contributed by atoms with Gasteiger partial charge in [-0.25, -0.2) is 0 Å². The summed E-state index contributed by atoms with van der Waals surface area (Å²) in [5, 5.41) is 29.0. The lowest BCUT2D eigenvalue weighted by molar-refractivity contribution is 0.103. The predicted molar refractivity (Wildman–Crippen MR) is 64.1 cm³/mol. The lowest BCUT2D eigenvalue weighted by atomic mass is 9.84. The summed E-state index contributed by atoms with van der Waals surface area (Å²) in [4.78, 5) is 12.2. The lowest BCUT2D eigenvalue weighted by Crippen LogP contribution is -2.15. The highest BCUT2D eigenvalue weighted by Crippen LogP contribution is 2.42. The van der Waals surface area contributed by atoms with Crippen LogP contribution in [0.3, 0.4) is 0 Å². The normalized spacial score (nSPS) is 13.0. The van der Waals surface area contributed by atoms with E-state index in [4.69, 9.17) is 0 Å². The third kappa shape index (κ3) is 1.29. The van der Waals surface area contributed by atoms with Crippen LogP contribution in [0.5, 0.6) is 17.2 Å². The fraction of sp³-hybridized carbons (Fsp3) is 0.0714. The SMILES string of the molecule is O=C1c2ccccc2Cc2c(O)c(O)cc(O)c21. The van der Waals surface area contributed by atoms with Gasteiger partial charge in [-0.05, 0) is 5.56 Å².